The summed E-state index contributed by atoms with van der Waals surface area (Å²) in [5.41, 5.74) is 1.15. The van der Waals surface area contributed by atoms with Crippen LogP contribution in [-0.4, -0.2) is 34.5 Å². The summed E-state index contributed by atoms with van der Waals surface area (Å²) in [5, 5.41) is 3.27. The van der Waals surface area contributed by atoms with Gasteiger partial charge in [0.05, 0.1) is 15.2 Å². The SMILES string of the molecule is CCC(Sc1ccccn1)C(=O)Nc1ccc(S(=O)(=O)Nc2nccc(C)n2)cc1. The first-order chi connectivity index (χ1) is 14.4. The lowest BCUT2D eigenvalue weighted by molar-refractivity contribution is -0.115. The summed E-state index contributed by atoms with van der Waals surface area (Å²) in [6.07, 6.45) is 3.79. The molecule has 0 bridgehead atoms. The second-order valence-corrected chi connectivity index (χ2v) is 9.23. The van der Waals surface area contributed by atoms with Gasteiger partial charge in [-0.05, 0) is 55.8 Å². The van der Waals surface area contributed by atoms with Crippen LogP contribution in [0.25, 0.3) is 0 Å². The predicted molar refractivity (Wildman–Crippen MR) is 117 cm³/mol. The molecular weight excluding hydrogens is 422 g/mol. The van der Waals surface area contributed by atoms with Crippen LogP contribution in [0.5, 0.6) is 0 Å². The van der Waals surface area contributed by atoms with E-state index in [-0.39, 0.29) is 22.0 Å². The fourth-order valence-electron chi connectivity index (χ4n) is 2.50. The van der Waals surface area contributed by atoms with Crippen LogP contribution in [-0.2, 0) is 14.8 Å². The number of pyridine rings is 1. The van der Waals surface area contributed by atoms with Crippen LogP contribution in [0.4, 0.5) is 11.6 Å². The zero-order valence-electron chi connectivity index (χ0n) is 16.4. The van der Waals surface area contributed by atoms with Crippen molar-refractivity contribution in [2.45, 2.75) is 35.4 Å². The van der Waals surface area contributed by atoms with Crippen molar-refractivity contribution >= 4 is 39.3 Å². The molecule has 30 heavy (non-hydrogen) atoms. The number of rotatable bonds is 8. The van der Waals surface area contributed by atoms with Gasteiger partial charge in [0, 0.05) is 23.8 Å². The molecule has 10 heteroatoms. The van der Waals surface area contributed by atoms with Gasteiger partial charge in [-0.3, -0.25) is 4.79 Å². The van der Waals surface area contributed by atoms with E-state index in [1.807, 2.05) is 25.1 Å². The Balaban J connectivity index is 1.66. The molecule has 0 saturated carbocycles. The molecule has 3 aromatic rings. The van der Waals surface area contributed by atoms with Crippen LogP contribution in [0.15, 0.2) is 70.8 Å². The van der Waals surface area contributed by atoms with Crippen molar-refractivity contribution in [2.24, 2.45) is 0 Å². The lowest BCUT2D eigenvalue weighted by Gasteiger charge is -2.14. The van der Waals surface area contributed by atoms with Crippen LogP contribution in [0.2, 0.25) is 0 Å². The van der Waals surface area contributed by atoms with E-state index in [4.69, 9.17) is 0 Å². The summed E-state index contributed by atoms with van der Waals surface area (Å²) in [5.74, 6) is -0.167. The first-order valence-electron chi connectivity index (χ1n) is 9.18. The third-order valence-corrected chi connectivity index (χ3v) is 6.68. The van der Waals surface area contributed by atoms with Gasteiger partial charge in [-0.15, -0.1) is 0 Å². The summed E-state index contributed by atoms with van der Waals surface area (Å²) >= 11 is 1.38. The van der Waals surface area contributed by atoms with E-state index < -0.39 is 10.0 Å². The van der Waals surface area contributed by atoms with Crippen LogP contribution < -0.4 is 10.0 Å². The molecule has 0 spiro atoms. The Morgan fingerprint density at radius 3 is 2.47 bits per heavy atom. The zero-order valence-corrected chi connectivity index (χ0v) is 18.1. The van der Waals surface area contributed by atoms with Crippen LogP contribution in [0.1, 0.15) is 19.0 Å². The summed E-state index contributed by atoms with van der Waals surface area (Å²) < 4.78 is 27.4. The quantitative estimate of drug-likeness (QED) is 0.512. The number of benzene rings is 1. The average Bonchev–Trinajstić information content (AvgIpc) is 2.73. The average molecular weight is 444 g/mol. The number of sulfonamides is 1. The first kappa shape index (κ1) is 21.7. The first-order valence-corrected chi connectivity index (χ1v) is 11.5. The molecule has 1 atom stereocenters. The third kappa shape index (κ3) is 5.77. The molecule has 2 aromatic heterocycles. The number of amides is 1. The topological polar surface area (TPSA) is 114 Å². The highest BCUT2D eigenvalue weighted by molar-refractivity contribution is 8.00. The Labute approximate surface area is 179 Å². The van der Waals surface area contributed by atoms with Crippen molar-refractivity contribution in [3.8, 4) is 0 Å². The molecule has 1 unspecified atom stereocenters. The Morgan fingerprint density at radius 2 is 1.83 bits per heavy atom. The molecule has 1 amide bonds. The lowest BCUT2D eigenvalue weighted by Crippen LogP contribution is -2.24. The van der Waals surface area contributed by atoms with Crippen molar-refractivity contribution < 1.29 is 13.2 Å². The number of nitrogens with zero attached hydrogens (tertiary/aromatic N) is 3. The minimum atomic E-state index is -3.84. The fourth-order valence-corrected chi connectivity index (χ4v) is 4.36. The highest BCUT2D eigenvalue weighted by Crippen LogP contribution is 2.25. The molecule has 1 aromatic carbocycles. The maximum Gasteiger partial charge on any atom is 0.264 e. The van der Waals surface area contributed by atoms with Gasteiger partial charge in [-0.1, -0.05) is 24.8 Å². The minimum Gasteiger partial charge on any atom is -0.325 e. The fraction of sp³-hybridized carbons (Fsp3) is 0.200. The molecule has 2 heterocycles. The molecule has 0 aliphatic carbocycles. The predicted octanol–water partition coefficient (Wildman–Crippen LogP) is 3.49. The van der Waals surface area contributed by atoms with Crippen molar-refractivity contribution in [2.75, 3.05) is 10.0 Å². The van der Waals surface area contributed by atoms with Crippen molar-refractivity contribution in [1.82, 2.24) is 15.0 Å². The smallest absolute Gasteiger partial charge is 0.264 e. The van der Waals surface area contributed by atoms with E-state index in [9.17, 15) is 13.2 Å². The highest BCUT2D eigenvalue weighted by atomic mass is 32.2. The van der Waals surface area contributed by atoms with E-state index in [0.717, 1.165) is 5.03 Å². The third-order valence-electron chi connectivity index (χ3n) is 4.02. The van der Waals surface area contributed by atoms with E-state index in [0.29, 0.717) is 17.8 Å². The number of nitrogens with one attached hydrogen (secondary N) is 2. The van der Waals surface area contributed by atoms with Crippen LogP contribution >= 0.6 is 11.8 Å². The molecule has 156 valence electrons. The standard InChI is InChI=1S/C20H21N5O3S2/c1-3-17(29-18-6-4-5-12-21-18)19(26)24-15-7-9-16(10-8-15)30(27,28)25-20-22-13-11-14(2)23-20/h4-13,17H,3H2,1-2H3,(H,24,26)(H,22,23,25). The maximum absolute atomic E-state index is 12.6. The van der Waals surface area contributed by atoms with Crippen LogP contribution in [0, 0.1) is 6.92 Å². The number of carbonyl (C=O) groups is 1. The van der Waals surface area contributed by atoms with Gasteiger partial charge in [-0.2, -0.15) is 0 Å². The summed E-state index contributed by atoms with van der Waals surface area (Å²) in [7, 11) is -3.84. The van der Waals surface area contributed by atoms with E-state index >= 15 is 0 Å². The molecule has 8 nitrogen and oxygen atoms in total. The minimum absolute atomic E-state index is 0.00436. The molecule has 2 N–H and O–H groups in total. The summed E-state index contributed by atoms with van der Waals surface area (Å²) in [6.45, 7) is 3.67. The number of hydrogen-bond donors (Lipinski definition) is 2. The molecule has 0 fully saturated rings. The molecule has 0 aliphatic heterocycles. The number of thioether (sulfide) groups is 1. The molecule has 0 saturated heterocycles. The number of hydrogen-bond acceptors (Lipinski definition) is 7. The molecule has 0 radical (unpaired) electrons. The molecule has 3 rings (SSSR count). The Hall–Kier alpha value is -2.98. The van der Waals surface area contributed by atoms with Crippen LogP contribution in [0.3, 0.4) is 0 Å². The lowest BCUT2D eigenvalue weighted by atomic mass is 10.3. The Kier molecular flexibility index (Phi) is 7.01. The van der Waals surface area contributed by atoms with Crippen molar-refractivity contribution in [3.05, 3.63) is 66.6 Å². The second-order valence-electron chi connectivity index (χ2n) is 6.32. The van der Waals surface area contributed by atoms with Gasteiger partial charge in [0.15, 0.2) is 0 Å². The van der Waals surface area contributed by atoms with E-state index in [2.05, 4.69) is 25.0 Å². The van der Waals surface area contributed by atoms with Gasteiger partial charge in [-0.25, -0.2) is 28.1 Å². The summed E-state index contributed by atoms with van der Waals surface area (Å²) in [6, 6.07) is 13.1. The number of aromatic nitrogens is 3. The number of anilines is 2. The largest absolute Gasteiger partial charge is 0.325 e. The normalized spacial score (nSPS) is 12.2. The van der Waals surface area contributed by atoms with Crippen molar-refractivity contribution in [1.29, 1.82) is 0 Å². The Bertz CT molecular complexity index is 1110. The van der Waals surface area contributed by atoms with Gasteiger partial charge in [0.2, 0.25) is 11.9 Å². The highest BCUT2D eigenvalue weighted by Gasteiger charge is 2.20. The maximum atomic E-state index is 12.6. The number of aryl methyl sites for hydroxylation is 1. The summed E-state index contributed by atoms with van der Waals surface area (Å²) in [4.78, 5) is 24.8. The Morgan fingerprint density at radius 1 is 1.07 bits per heavy atom. The van der Waals surface area contributed by atoms with Gasteiger partial charge in [0.25, 0.3) is 10.0 Å². The molecular formula is C20H21N5O3S2. The van der Waals surface area contributed by atoms with E-state index in [1.54, 1.807) is 31.3 Å². The van der Waals surface area contributed by atoms with Gasteiger partial charge < -0.3 is 5.32 Å². The van der Waals surface area contributed by atoms with Crippen molar-refractivity contribution in [3.63, 3.8) is 0 Å². The second kappa shape index (κ2) is 9.68. The van der Waals surface area contributed by atoms with E-state index in [1.165, 1.54) is 30.1 Å². The number of carbonyl (C=O) groups excluding carboxylic acids is 1. The monoisotopic (exact) mass is 443 g/mol. The van der Waals surface area contributed by atoms with Gasteiger partial charge >= 0.3 is 0 Å². The zero-order chi connectivity index (χ0) is 21.6. The molecule has 0 aliphatic rings. The van der Waals surface area contributed by atoms with Gasteiger partial charge in [0.1, 0.15) is 0 Å².